The van der Waals surface area contributed by atoms with Crippen LogP contribution in [0.5, 0.6) is 5.75 Å². The Balaban J connectivity index is 1.68. The minimum absolute atomic E-state index is 0.208. The van der Waals surface area contributed by atoms with Gasteiger partial charge in [-0.1, -0.05) is 36.7 Å². The highest BCUT2D eigenvalue weighted by Crippen LogP contribution is 2.36. The molecular weight excluding hydrogens is 505 g/mol. The molecule has 1 atom stereocenters. The van der Waals surface area contributed by atoms with Gasteiger partial charge in [-0.05, 0) is 67.4 Å². The molecule has 35 heavy (non-hydrogen) atoms. The summed E-state index contributed by atoms with van der Waals surface area (Å²) < 4.78 is 72.2. The average molecular weight is 527 g/mol. The molecule has 0 saturated heterocycles. The minimum atomic E-state index is -4.74. The molecule has 0 spiro atoms. The van der Waals surface area contributed by atoms with E-state index in [0.29, 0.717) is 17.5 Å². The molecule has 0 aromatic heterocycles. The number of rotatable bonds is 8. The maximum Gasteiger partial charge on any atom is 0.417 e. The first-order chi connectivity index (χ1) is 16.4. The molecular formula is C24H22ClF3N2O4S. The number of alkyl halides is 3. The molecule has 3 rings (SSSR count). The van der Waals surface area contributed by atoms with Gasteiger partial charge in [-0.3, -0.25) is 9.52 Å². The zero-order chi connectivity index (χ0) is 25.8. The predicted molar refractivity (Wildman–Crippen MR) is 128 cm³/mol. The SMILES string of the molecule is CCc1ccccc1OC(C)C(=O)Nc1ccc(S(=O)(=O)Nc2ccc(Cl)c(C(F)(F)F)c2)cc1. The largest absolute Gasteiger partial charge is 0.481 e. The highest BCUT2D eigenvalue weighted by molar-refractivity contribution is 7.92. The molecule has 1 amide bonds. The molecule has 0 fully saturated rings. The molecule has 0 radical (unpaired) electrons. The molecule has 2 N–H and O–H groups in total. The lowest BCUT2D eigenvalue weighted by Crippen LogP contribution is -2.30. The van der Waals surface area contributed by atoms with Crippen molar-refractivity contribution in [2.75, 3.05) is 10.0 Å². The molecule has 0 aliphatic heterocycles. The van der Waals surface area contributed by atoms with Gasteiger partial charge in [0.15, 0.2) is 6.10 Å². The summed E-state index contributed by atoms with van der Waals surface area (Å²) in [4.78, 5) is 12.3. The van der Waals surface area contributed by atoms with Crippen molar-refractivity contribution in [3.05, 3.63) is 82.9 Å². The second kappa shape index (κ2) is 10.6. The summed E-state index contributed by atoms with van der Waals surface area (Å²) in [6.07, 6.45) is -4.82. The number of benzene rings is 3. The van der Waals surface area contributed by atoms with E-state index in [-0.39, 0.29) is 10.6 Å². The molecule has 1 unspecified atom stereocenters. The Morgan fingerprint density at radius 3 is 2.29 bits per heavy atom. The third-order valence-corrected chi connectivity index (χ3v) is 6.71. The van der Waals surface area contributed by atoms with Crippen molar-refractivity contribution >= 4 is 38.9 Å². The zero-order valence-electron chi connectivity index (χ0n) is 18.7. The van der Waals surface area contributed by atoms with E-state index in [0.717, 1.165) is 24.1 Å². The number of sulfonamides is 1. The quantitative estimate of drug-likeness (QED) is 0.370. The number of carbonyl (C=O) groups excluding carboxylic acids is 1. The first-order valence-corrected chi connectivity index (χ1v) is 12.3. The summed E-state index contributed by atoms with van der Waals surface area (Å²) in [5.74, 6) is 0.159. The molecule has 0 aliphatic rings. The van der Waals surface area contributed by atoms with Crippen molar-refractivity contribution in [3.63, 3.8) is 0 Å². The Hall–Kier alpha value is -3.24. The van der Waals surface area contributed by atoms with Crippen LogP contribution in [0.25, 0.3) is 0 Å². The van der Waals surface area contributed by atoms with Gasteiger partial charge in [0.25, 0.3) is 15.9 Å². The Bertz CT molecular complexity index is 1310. The van der Waals surface area contributed by atoms with E-state index in [2.05, 4.69) is 10.0 Å². The lowest BCUT2D eigenvalue weighted by Gasteiger charge is -2.17. The molecule has 6 nitrogen and oxygen atoms in total. The van der Waals surface area contributed by atoms with Crippen LogP contribution < -0.4 is 14.8 Å². The van der Waals surface area contributed by atoms with Gasteiger partial charge in [0.05, 0.1) is 15.5 Å². The Kier molecular flexibility index (Phi) is 7.97. The van der Waals surface area contributed by atoms with E-state index >= 15 is 0 Å². The number of aryl methyl sites for hydroxylation is 1. The first-order valence-electron chi connectivity index (χ1n) is 10.5. The fourth-order valence-corrected chi connectivity index (χ4v) is 4.41. The van der Waals surface area contributed by atoms with Crippen molar-refractivity contribution in [3.8, 4) is 5.75 Å². The average Bonchev–Trinajstić information content (AvgIpc) is 2.80. The fraction of sp³-hybridized carbons (Fsp3) is 0.208. The van der Waals surface area contributed by atoms with Crippen LogP contribution in [-0.4, -0.2) is 20.4 Å². The molecule has 3 aromatic rings. The lowest BCUT2D eigenvalue weighted by atomic mass is 10.1. The highest BCUT2D eigenvalue weighted by Gasteiger charge is 2.33. The van der Waals surface area contributed by atoms with Crippen molar-refractivity contribution in [1.29, 1.82) is 0 Å². The lowest BCUT2D eigenvalue weighted by molar-refractivity contribution is -0.137. The van der Waals surface area contributed by atoms with Crippen molar-refractivity contribution in [2.45, 2.75) is 37.4 Å². The third kappa shape index (κ3) is 6.67. The topological polar surface area (TPSA) is 84.5 Å². The van der Waals surface area contributed by atoms with E-state index in [1.54, 1.807) is 19.1 Å². The number of hydrogen-bond donors (Lipinski definition) is 2. The van der Waals surface area contributed by atoms with Gasteiger partial charge >= 0.3 is 6.18 Å². The molecule has 0 bridgehead atoms. The van der Waals surface area contributed by atoms with E-state index in [4.69, 9.17) is 16.3 Å². The maximum absolute atomic E-state index is 13.0. The monoisotopic (exact) mass is 526 g/mol. The van der Waals surface area contributed by atoms with Crippen LogP contribution in [-0.2, 0) is 27.4 Å². The van der Waals surface area contributed by atoms with E-state index in [1.165, 1.54) is 24.3 Å². The van der Waals surface area contributed by atoms with Gasteiger partial charge in [-0.15, -0.1) is 0 Å². The number of carbonyl (C=O) groups is 1. The summed E-state index contributed by atoms with van der Waals surface area (Å²) in [5.41, 5.74) is -0.177. The Morgan fingerprint density at radius 1 is 1.03 bits per heavy atom. The van der Waals surface area contributed by atoms with Crippen molar-refractivity contribution in [1.82, 2.24) is 0 Å². The highest BCUT2D eigenvalue weighted by atomic mass is 35.5. The van der Waals surface area contributed by atoms with Gasteiger partial charge < -0.3 is 10.1 Å². The molecule has 0 heterocycles. The number of nitrogens with one attached hydrogen (secondary N) is 2. The second-order valence-electron chi connectivity index (χ2n) is 7.53. The number of halogens is 4. The minimum Gasteiger partial charge on any atom is -0.481 e. The van der Waals surface area contributed by atoms with Gasteiger partial charge in [-0.25, -0.2) is 8.42 Å². The number of para-hydroxylation sites is 1. The smallest absolute Gasteiger partial charge is 0.417 e. The first kappa shape index (κ1) is 26.4. The number of amides is 1. The van der Waals surface area contributed by atoms with Crippen LogP contribution in [0.1, 0.15) is 25.0 Å². The Morgan fingerprint density at radius 2 is 1.66 bits per heavy atom. The zero-order valence-corrected chi connectivity index (χ0v) is 20.3. The van der Waals surface area contributed by atoms with Crippen molar-refractivity contribution < 1.29 is 31.1 Å². The molecule has 186 valence electrons. The van der Waals surface area contributed by atoms with Crippen LogP contribution >= 0.6 is 11.6 Å². The number of anilines is 2. The summed E-state index contributed by atoms with van der Waals surface area (Å²) in [5, 5.41) is 2.09. The summed E-state index contributed by atoms with van der Waals surface area (Å²) in [7, 11) is -4.20. The maximum atomic E-state index is 13.0. The third-order valence-electron chi connectivity index (χ3n) is 4.98. The van der Waals surface area contributed by atoms with Crippen LogP contribution in [0, 0.1) is 0 Å². The van der Waals surface area contributed by atoms with E-state index in [1.807, 2.05) is 19.1 Å². The molecule has 11 heteroatoms. The predicted octanol–water partition coefficient (Wildman–Crippen LogP) is 6.13. The van der Waals surface area contributed by atoms with E-state index in [9.17, 15) is 26.4 Å². The summed E-state index contributed by atoms with van der Waals surface area (Å²) >= 11 is 5.57. The van der Waals surface area contributed by atoms with Crippen LogP contribution in [0.15, 0.2) is 71.6 Å². The van der Waals surface area contributed by atoms with Gasteiger partial charge in [-0.2, -0.15) is 13.2 Å². The normalized spacial score (nSPS) is 12.6. The molecule has 0 saturated carbocycles. The number of ether oxygens (including phenoxy) is 1. The molecule has 0 aliphatic carbocycles. The molecule has 3 aromatic carbocycles. The standard InChI is InChI=1S/C24H22ClF3N2O4S/c1-3-16-6-4-5-7-22(16)34-15(2)23(31)29-17-8-11-19(12-9-17)35(32,33)30-18-10-13-21(25)20(14-18)24(26,27)28/h4-15,30H,3H2,1-2H3,(H,29,31). The summed E-state index contributed by atoms with van der Waals surface area (Å²) in [6, 6.07) is 15.2. The second-order valence-corrected chi connectivity index (χ2v) is 9.62. The Labute approximate surface area is 206 Å². The van der Waals surface area contributed by atoms with E-state index < -0.39 is 38.8 Å². The summed E-state index contributed by atoms with van der Waals surface area (Å²) in [6.45, 7) is 3.56. The van der Waals surface area contributed by atoms with Crippen LogP contribution in [0.2, 0.25) is 5.02 Å². The van der Waals surface area contributed by atoms with Gasteiger partial charge in [0, 0.05) is 11.4 Å². The van der Waals surface area contributed by atoms with Gasteiger partial charge in [0.1, 0.15) is 5.75 Å². The van der Waals surface area contributed by atoms with Crippen molar-refractivity contribution in [2.24, 2.45) is 0 Å². The van der Waals surface area contributed by atoms with Gasteiger partial charge in [0.2, 0.25) is 0 Å². The van der Waals surface area contributed by atoms with Crippen LogP contribution in [0.4, 0.5) is 24.5 Å². The van der Waals surface area contributed by atoms with Crippen LogP contribution in [0.3, 0.4) is 0 Å². The fourth-order valence-electron chi connectivity index (χ4n) is 3.14. The number of hydrogen-bond acceptors (Lipinski definition) is 4.